The first kappa shape index (κ1) is 10.2. The first-order chi connectivity index (χ1) is 2.83. The molecule has 0 fully saturated rings. The molecule has 0 aromatic rings. The Balaban J connectivity index is 0. The summed E-state index contributed by atoms with van der Waals surface area (Å²) >= 11 is -0.106. The van der Waals surface area contributed by atoms with E-state index in [0.717, 1.165) is 0 Å². The molecule has 0 atom stereocenters. The third-order valence-electron chi connectivity index (χ3n) is 0. The fraction of sp³-hybridized carbons (Fsp3) is 1.00. The van der Waals surface area contributed by atoms with Crippen molar-refractivity contribution in [2.24, 2.45) is 0 Å². The van der Waals surface area contributed by atoms with E-state index in [0.29, 0.717) is 0 Å². The molecule has 6 heavy (non-hydrogen) atoms. The monoisotopic (exact) mass is 222 g/mol. The van der Waals surface area contributed by atoms with Gasteiger partial charge in [0.2, 0.25) is 0 Å². The Morgan fingerprint density at radius 2 is 1.67 bits per heavy atom. The molecule has 1 nitrogen and oxygen atoms in total. The average molecular weight is 223 g/mol. The number of aliphatic hydroxyl groups is 1. The van der Waals surface area contributed by atoms with Crippen LogP contribution >= 0.6 is 19.1 Å². The molecule has 44 valence electrons. The van der Waals surface area contributed by atoms with Crippen LogP contribution in [0.4, 0.5) is 0 Å². The zero-order valence-corrected chi connectivity index (χ0v) is 6.29. The normalized spacial score (nSPS) is 6.67. The van der Waals surface area contributed by atoms with Crippen molar-refractivity contribution in [2.75, 3.05) is 6.61 Å². The SMILES string of the molecule is CCO.[Cl][Pd][Cl]. The summed E-state index contributed by atoms with van der Waals surface area (Å²) in [4.78, 5) is 0. The summed E-state index contributed by atoms with van der Waals surface area (Å²) in [6.07, 6.45) is 0. The number of halogens is 2. The van der Waals surface area contributed by atoms with Crippen molar-refractivity contribution in [3.63, 3.8) is 0 Å². The van der Waals surface area contributed by atoms with Crippen LogP contribution in [0.5, 0.6) is 0 Å². The Bertz CT molecular complexity index is 13.5. The average Bonchev–Trinajstić information content (AvgIpc) is 1.39. The molecular formula is C2H6Cl2OPd. The molecule has 0 unspecified atom stereocenters. The second kappa shape index (κ2) is 16.4. The molecule has 0 rings (SSSR count). The molecule has 0 heterocycles. The van der Waals surface area contributed by atoms with E-state index in [1.54, 1.807) is 6.92 Å². The van der Waals surface area contributed by atoms with Crippen LogP contribution < -0.4 is 0 Å². The zero-order chi connectivity index (χ0) is 5.41. The first-order valence-corrected chi connectivity index (χ1v) is 5.27. The number of hydrogen-bond acceptors (Lipinski definition) is 1. The second-order valence-electron chi connectivity index (χ2n) is 0.361. The molecule has 0 aliphatic rings. The van der Waals surface area contributed by atoms with E-state index < -0.39 is 0 Å². The predicted molar refractivity (Wildman–Crippen MR) is 24.5 cm³/mol. The minimum absolute atomic E-state index is 0.106. The van der Waals surface area contributed by atoms with Gasteiger partial charge in [-0.15, -0.1) is 0 Å². The van der Waals surface area contributed by atoms with Crippen LogP contribution in [-0.2, 0) is 15.9 Å². The van der Waals surface area contributed by atoms with Crippen molar-refractivity contribution in [3.05, 3.63) is 0 Å². The van der Waals surface area contributed by atoms with Crippen molar-refractivity contribution >= 4 is 19.1 Å². The molecule has 0 aliphatic carbocycles. The molecular weight excluding hydrogens is 217 g/mol. The summed E-state index contributed by atoms with van der Waals surface area (Å²) in [5, 5.41) is 7.57. The summed E-state index contributed by atoms with van der Waals surface area (Å²) in [6.45, 7) is 1.93. The molecule has 1 N–H and O–H groups in total. The van der Waals surface area contributed by atoms with Crippen LogP contribution in [-0.4, -0.2) is 11.7 Å². The van der Waals surface area contributed by atoms with Gasteiger partial charge in [0.1, 0.15) is 0 Å². The molecule has 0 saturated carbocycles. The van der Waals surface area contributed by atoms with Gasteiger partial charge in [-0.3, -0.25) is 0 Å². The summed E-state index contributed by atoms with van der Waals surface area (Å²) < 4.78 is 0. The molecule has 0 aromatic carbocycles. The molecule has 0 spiro atoms. The maximum atomic E-state index is 7.57. The van der Waals surface area contributed by atoms with Crippen molar-refractivity contribution in [3.8, 4) is 0 Å². The van der Waals surface area contributed by atoms with Gasteiger partial charge in [-0.2, -0.15) is 0 Å². The third kappa shape index (κ3) is 63.6. The van der Waals surface area contributed by atoms with Crippen molar-refractivity contribution in [1.29, 1.82) is 0 Å². The molecule has 0 radical (unpaired) electrons. The van der Waals surface area contributed by atoms with Gasteiger partial charge < -0.3 is 5.11 Å². The molecule has 0 bridgehead atoms. The molecule has 4 heteroatoms. The van der Waals surface area contributed by atoms with Crippen molar-refractivity contribution in [1.82, 2.24) is 0 Å². The van der Waals surface area contributed by atoms with Gasteiger partial charge in [-0.25, -0.2) is 0 Å². The van der Waals surface area contributed by atoms with Gasteiger partial charge in [-0.05, 0) is 6.92 Å². The molecule has 0 aromatic heterocycles. The van der Waals surface area contributed by atoms with Crippen LogP contribution in [0, 0.1) is 0 Å². The number of rotatable bonds is 0. The number of aliphatic hydroxyl groups excluding tert-OH is 1. The standard InChI is InChI=1S/C2H6O.2ClH.Pd/c1-2-3;;;/h3H,2H2,1H3;2*1H;/q;;;+2/p-2. The van der Waals surface area contributed by atoms with Gasteiger partial charge in [0.05, 0.1) is 0 Å². The van der Waals surface area contributed by atoms with E-state index >= 15 is 0 Å². The van der Waals surface area contributed by atoms with Gasteiger partial charge in [0.25, 0.3) is 0 Å². The minimum atomic E-state index is -0.106. The third-order valence-corrected chi connectivity index (χ3v) is 0. The zero-order valence-electron chi connectivity index (χ0n) is 3.23. The van der Waals surface area contributed by atoms with Crippen LogP contribution in [0.15, 0.2) is 0 Å². The summed E-state index contributed by atoms with van der Waals surface area (Å²) in [5.74, 6) is 0. The van der Waals surface area contributed by atoms with Gasteiger partial charge in [-0.1, -0.05) is 0 Å². The fourth-order valence-corrected chi connectivity index (χ4v) is 0. The van der Waals surface area contributed by atoms with E-state index in [9.17, 15) is 0 Å². The van der Waals surface area contributed by atoms with Crippen LogP contribution in [0.3, 0.4) is 0 Å². The van der Waals surface area contributed by atoms with E-state index in [2.05, 4.69) is 0 Å². The predicted octanol–water partition coefficient (Wildman–Crippen LogP) is 1.38. The fourth-order valence-electron chi connectivity index (χ4n) is 0. The van der Waals surface area contributed by atoms with Crippen LogP contribution in [0.1, 0.15) is 6.92 Å². The van der Waals surface area contributed by atoms with Crippen molar-refractivity contribution in [2.45, 2.75) is 6.92 Å². The van der Waals surface area contributed by atoms with Crippen LogP contribution in [0.25, 0.3) is 0 Å². The van der Waals surface area contributed by atoms with E-state index in [1.165, 1.54) is 0 Å². The van der Waals surface area contributed by atoms with E-state index in [4.69, 9.17) is 24.2 Å². The Kier molecular flexibility index (Phi) is 27.9. The summed E-state index contributed by atoms with van der Waals surface area (Å²) in [6, 6.07) is 0. The molecule has 0 amide bonds. The number of hydrogen-bond donors (Lipinski definition) is 1. The summed E-state index contributed by atoms with van der Waals surface area (Å²) in [7, 11) is 9.63. The molecule has 0 saturated heterocycles. The van der Waals surface area contributed by atoms with Crippen molar-refractivity contribution < 1.29 is 21.0 Å². The van der Waals surface area contributed by atoms with Crippen LogP contribution in [0.2, 0.25) is 0 Å². The van der Waals surface area contributed by atoms with Gasteiger partial charge in [0.15, 0.2) is 0 Å². The van der Waals surface area contributed by atoms with E-state index in [1.807, 2.05) is 0 Å². The summed E-state index contributed by atoms with van der Waals surface area (Å²) in [5.41, 5.74) is 0. The first-order valence-electron chi connectivity index (χ1n) is 1.26. The second-order valence-corrected chi connectivity index (χ2v) is 2.72. The quantitative estimate of drug-likeness (QED) is 0.615. The topological polar surface area (TPSA) is 20.2 Å². The maximum absolute atomic E-state index is 7.57. The van der Waals surface area contributed by atoms with Gasteiger partial charge >= 0.3 is 35.0 Å². The Hall–Kier alpha value is 1.20. The van der Waals surface area contributed by atoms with E-state index in [-0.39, 0.29) is 22.5 Å². The Morgan fingerprint density at radius 3 is 1.67 bits per heavy atom. The molecule has 0 aliphatic heterocycles. The Morgan fingerprint density at radius 1 is 1.67 bits per heavy atom. The Labute approximate surface area is 53.7 Å². The van der Waals surface area contributed by atoms with Gasteiger partial charge in [0, 0.05) is 6.61 Å².